The molecule has 0 atom stereocenters. The number of halogens is 2. The van der Waals surface area contributed by atoms with Crippen LogP contribution in [0, 0.1) is 11.6 Å². The molecule has 0 unspecified atom stereocenters. The van der Waals surface area contributed by atoms with E-state index in [-0.39, 0.29) is 11.3 Å². The topological polar surface area (TPSA) is 59.0 Å². The molecular weight excluding hydrogens is 266 g/mol. The van der Waals surface area contributed by atoms with Gasteiger partial charge in [-0.2, -0.15) is 5.10 Å². The molecule has 2 aromatic rings. The summed E-state index contributed by atoms with van der Waals surface area (Å²) < 4.78 is 28.7. The Balaban J connectivity index is 1.99. The monoisotopic (exact) mass is 280 g/mol. The van der Waals surface area contributed by atoms with Gasteiger partial charge in [-0.3, -0.25) is 9.48 Å². The quantitative estimate of drug-likeness (QED) is 0.875. The molecule has 0 bridgehead atoms. The van der Waals surface area contributed by atoms with E-state index in [4.69, 9.17) is 0 Å². The van der Waals surface area contributed by atoms with E-state index >= 15 is 0 Å². The van der Waals surface area contributed by atoms with Crippen molar-refractivity contribution in [2.24, 2.45) is 0 Å². The molecule has 5 nitrogen and oxygen atoms in total. The molecule has 0 aliphatic rings. The van der Waals surface area contributed by atoms with Gasteiger partial charge in [0.2, 0.25) is 0 Å². The van der Waals surface area contributed by atoms with Gasteiger partial charge < -0.3 is 10.6 Å². The molecule has 0 radical (unpaired) electrons. The first kappa shape index (κ1) is 14.0. The van der Waals surface area contributed by atoms with Gasteiger partial charge in [0.25, 0.3) is 5.91 Å². The van der Waals surface area contributed by atoms with Gasteiger partial charge >= 0.3 is 0 Å². The Morgan fingerprint density at radius 3 is 2.60 bits per heavy atom. The van der Waals surface area contributed by atoms with Gasteiger partial charge in [0.1, 0.15) is 17.3 Å². The van der Waals surface area contributed by atoms with Gasteiger partial charge in [0.05, 0.1) is 6.54 Å². The average Bonchev–Trinajstić information content (AvgIpc) is 2.91. The third-order valence-corrected chi connectivity index (χ3v) is 2.74. The van der Waals surface area contributed by atoms with E-state index in [1.54, 1.807) is 23.1 Å². The molecule has 0 saturated heterocycles. The van der Waals surface area contributed by atoms with Crippen LogP contribution in [0.5, 0.6) is 0 Å². The summed E-state index contributed by atoms with van der Waals surface area (Å²) in [7, 11) is 1.41. The second-order valence-corrected chi connectivity index (χ2v) is 4.09. The molecule has 1 aromatic carbocycles. The molecule has 1 heterocycles. The zero-order chi connectivity index (χ0) is 14.5. The third kappa shape index (κ3) is 3.11. The van der Waals surface area contributed by atoms with Crippen molar-refractivity contribution in [3.63, 3.8) is 0 Å². The summed E-state index contributed by atoms with van der Waals surface area (Å²) >= 11 is 0. The van der Waals surface area contributed by atoms with Crippen molar-refractivity contribution in [1.82, 2.24) is 15.1 Å². The van der Waals surface area contributed by atoms with Crippen LogP contribution in [-0.4, -0.2) is 29.3 Å². The fraction of sp³-hybridized carbons (Fsp3) is 0.231. The number of anilines is 1. The first-order chi connectivity index (χ1) is 9.61. The molecule has 20 heavy (non-hydrogen) atoms. The zero-order valence-corrected chi connectivity index (χ0v) is 10.9. The first-order valence-corrected chi connectivity index (χ1v) is 6.04. The molecule has 106 valence electrons. The van der Waals surface area contributed by atoms with E-state index in [1.165, 1.54) is 7.05 Å². The molecule has 0 fully saturated rings. The summed E-state index contributed by atoms with van der Waals surface area (Å²) in [6.45, 7) is 0.801. The lowest BCUT2D eigenvalue weighted by Crippen LogP contribution is -2.27. The maximum atomic E-state index is 13.5. The lowest BCUT2D eigenvalue weighted by molar-refractivity contribution is 0.0951. The Kier molecular flexibility index (Phi) is 4.29. The highest BCUT2D eigenvalue weighted by Crippen LogP contribution is 2.20. The van der Waals surface area contributed by atoms with Crippen molar-refractivity contribution in [2.75, 3.05) is 18.9 Å². The highest BCUT2D eigenvalue weighted by Gasteiger charge is 2.13. The molecule has 1 aromatic heterocycles. The lowest BCUT2D eigenvalue weighted by Gasteiger charge is -2.08. The van der Waals surface area contributed by atoms with Crippen molar-refractivity contribution in [1.29, 1.82) is 0 Å². The third-order valence-electron chi connectivity index (χ3n) is 2.74. The van der Waals surface area contributed by atoms with E-state index in [0.717, 1.165) is 12.1 Å². The lowest BCUT2D eigenvalue weighted by atomic mass is 10.1. The maximum Gasteiger partial charge on any atom is 0.251 e. The molecule has 0 aliphatic carbocycles. The standard InChI is InChI=1S/C13H14F2N4O/c1-16-12-10(14)7-9(8-11(12)15)13(20)17-4-6-19-5-2-3-18-19/h2-3,5,7-8,16H,4,6H2,1H3,(H,17,20). The van der Waals surface area contributed by atoms with Gasteiger partial charge in [0, 0.05) is 31.5 Å². The Morgan fingerprint density at radius 2 is 2.05 bits per heavy atom. The number of nitrogens with zero attached hydrogens (tertiary/aromatic N) is 2. The molecule has 0 aliphatic heterocycles. The zero-order valence-electron chi connectivity index (χ0n) is 10.9. The van der Waals surface area contributed by atoms with Gasteiger partial charge in [-0.15, -0.1) is 0 Å². The number of amides is 1. The minimum atomic E-state index is -0.801. The summed E-state index contributed by atoms with van der Waals surface area (Å²) in [6, 6.07) is 3.76. The molecule has 0 saturated carbocycles. The summed E-state index contributed by atoms with van der Waals surface area (Å²) in [6.07, 6.45) is 3.39. The molecule has 0 spiro atoms. The highest BCUT2D eigenvalue weighted by molar-refractivity contribution is 5.94. The first-order valence-electron chi connectivity index (χ1n) is 6.04. The Hall–Kier alpha value is -2.44. The minimum absolute atomic E-state index is 0.0561. The van der Waals surface area contributed by atoms with Gasteiger partial charge in [-0.25, -0.2) is 8.78 Å². The number of benzene rings is 1. The predicted molar refractivity (Wildman–Crippen MR) is 70.5 cm³/mol. The van der Waals surface area contributed by atoms with Crippen molar-refractivity contribution in [3.05, 3.63) is 47.8 Å². The van der Waals surface area contributed by atoms with E-state index < -0.39 is 17.5 Å². The second kappa shape index (κ2) is 6.14. The van der Waals surface area contributed by atoms with Crippen LogP contribution in [0.1, 0.15) is 10.4 Å². The number of hydrogen-bond donors (Lipinski definition) is 2. The number of carbonyl (C=O) groups is 1. The maximum absolute atomic E-state index is 13.5. The summed E-state index contributed by atoms with van der Waals surface area (Å²) in [5, 5.41) is 8.95. The largest absolute Gasteiger partial charge is 0.383 e. The van der Waals surface area contributed by atoms with Crippen molar-refractivity contribution >= 4 is 11.6 Å². The van der Waals surface area contributed by atoms with Crippen LogP contribution >= 0.6 is 0 Å². The number of carbonyl (C=O) groups excluding carboxylic acids is 1. The Labute approximate surface area is 114 Å². The smallest absolute Gasteiger partial charge is 0.251 e. The average molecular weight is 280 g/mol. The fourth-order valence-corrected chi connectivity index (χ4v) is 1.76. The van der Waals surface area contributed by atoms with Crippen molar-refractivity contribution in [2.45, 2.75) is 6.54 Å². The number of aromatic nitrogens is 2. The number of rotatable bonds is 5. The Bertz CT molecular complexity index is 575. The van der Waals surface area contributed by atoms with Crippen LogP contribution in [0.4, 0.5) is 14.5 Å². The fourth-order valence-electron chi connectivity index (χ4n) is 1.76. The van der Waals surface area contributed by atoms with Gasteiger partial charge in [-0.05, 0) is 18.2 Å². The molecular formula is C13H14F2N4O. The second-order valence-electron chi connectivity index (χ2n) is 4.09. The molecule has 7 heteroatoms. The predicted octanol–water partition coefficient (Wildman–Crippen LogP) is 1.63. The van der Waals surface area contributed by atoms with Crippen LogP contribution in [0.3, 0.4) is 0 Å². The van der Waals surface area contributed by atoms with Crippen LogP contribution in [0.2, 0.25) is 0 Å². The minimum Gasteiger partial charge on any atom is -0.383 e. The highest BCUT2D eigenvalue weighted by atomic mass is 19.1. The van der Waals surface area contributed by atoms with Crippen LogP contribution in [0.15, 0.2) is 30.6 Å². The molecule has 2 rings (SSSR count). The normalized spacial score (nSPS) is 10.3. The Morgan fingerprint density at radius 1 is 1.35 bits per heavy atom. The van der Waals surface area contributed by atoms with Crippen LogP contribution in [-0.2, 0) is 6.54 Å². The van der Waals surface area contributed by atoms with E-state index in [0.29, 0.717) is 13.1 Å². The summed E-state index contributed by atoms with van der Waals surface area (Å²) in [5.41, 5.74) is -0.308. The SMILES string of the molecule is CNc1c(F)cc(C(=O)NCCn2cccn2)cc1F. The van der Waals surface area contributed by atoms with Gasteiger partial charge in [0.15, 0.2) is 0 Å². The van der Waals surface area contributed by atoms with Crippen LogP contribution in [0.25, 0.3) is 0 Å². The van der Waals surface area contributed by atoms with Crippen molar-refractivity contribution in [3.8, 4) is 0 Å². The van der Waals surface area contributed by atoms with Crippen LogP contribution < -0.4 is 10.6 Å². The summed E-state index contributed by atoms with van der Waals surface area (Å²) in [4.78, 5) is 11.8. The van der Waals surface area contributed by atoms with E-state index in [9.17, 15) is 13.6 Å². The van der Waals surface area contributed by atoms with Gasteiger partial charge in [-0.1, -0.05) is 0 Å². The number of hydrogen-bond acceptors (Lipinski definition) is 3. The van der Waals surface area contributed by atoms with E-state index in [1.807, 2.05) is 0 Å². The molecule has 1 amide bonds. The number of nitrogens with one attached hydrogen (secondary N) is 2. The van der Waals surface area contributed by atoms with E-state index in [2.05, 4.69) is 15.7 Å². The summed E-state index contributed by atoms with van der Waals surface area (Å²) in [5.74, 6) is -2.13. The van der Waals surface area contributed by atoms with Crippen molar-refractivity contribution < 1.29 is 13.6 Å². The molecule has 2 N–H and O–H groups in total.